The first kappa shape index (κ1) is 98.4. The molecule has 0 rings (SSSR count). The zero-order valence-corrected chi connectivity index (χ0v) is 34.2. The third kappa shape index (κ3) is 452. The van der Waals surface area contributed by atoms with Gasteiger partial charge in [-0.2, -0.15) is 9.59 Å². The van der Waals surface area contributed by atoms with Gasteiger partial charge in [-0.1, -0.05) is 0 Å². The van der Waals surface area contributed by atoms with E-state index in [1.807, 2.05) is 0 Å². The summed E-state index contributed by atoms with van der Waals surface area (Å²) >= 11 is 0. The molecule has 24 N–H and O–H groups in total. The Morgan fingerprint density at radius 3 is 0.526 bits per heavy atom. The molecule has 0 aromatic heterocycles. The average Bonchev–Trinajstić information content (AvgIpc) is 3.20. The minimum Gasteiger partial charge on any atom is -0.468 e. The van der Waals surface area contributed by atoms with Gasteiger partial charge in [0.1, 0.15) is 19.8 Å². The second-order valence-corrected chi connectivity index (χ2v) is 5.45. The highest BCUT2D eigenvalue weighted by molar-refractivity contribution is 5.71. The number of primary amides is 5. The van der Waals surface area contributed by atoms with Crippen LogP contribution in [-0.2, 0) is 66.7 Å². The molecular formula is C25H68N8O24. The van der Waals surface area contributed by atoms with Crippen LogP contribution in [-0.4, -0.2) is 197 Å². The summed E-state index contributed by atoms with van der Waals surface area (Å²) in [5.74, 6) is -2.19. The molecule has 0 aromatic carbocycles. The molecule has 0 fully saturated rings. The maximum absolute atomic E-state index is 9.83. The lowest BCUT2D eigenvalue weighted by Gasteiger charge is -1.87. The predicted molar refractivity (Wildman–Crippen MR) is 194 cm³/mol. The van der Waals surface area contributed by atoms with E-state index >= 15 is 0 Å². The van der Waals surface area contributed by atoms with Gasteiger partial charge < -0.3 is 115 Å². The van der Waals surface area contributed by atoms with Crippen LogP contribution in [0.25, 0.3) is 0 Å². The SMILES string of the molecule is CO.CO.CO.COC.COC(=O)CN.COC(=O)CO.COC(=O)CO.COC(=O)CO.COC(N)=O.COC(N)=O.COC(N)=O.N.N.NC(N)=O.O=C=O. The first-order chi connectivity index (χ1) is 25.6. The van der Waals surface area contributed by atoms with Crippen molar-refractivity contribution in [2.24, 2.45) is 34.4 Å². The lowest BCUT2D eigenvalue weighted by atomic mass is 10.7. The second-order valence-electron chi connectivity index (χ2n) is 5.45. The fraction of sp³-hybridized carbons (Fsp3) is 0.640. The highest BCUT2D eigenvalue weighted by atomic mass is 16.6. The zero-order chi connectivity index (χ0) is 47.8. The lowest BCUT2D eigenvalue weighted by Crippen LogP contribution is -2.18. The van der Waals surface area contributed by atoms with Crippen molar-refractivity contribution in [3.05, 3.63) is 0 Å². The quantitative estimate of drug-likeness (QED) is 0.0923. The highest BCUT2D eigenvalue weighted by Crippen LogP contribution is 1.65. The summed E-state index contributed by atoms with van der Waals surface area (Å²) in [5, 5.41) is 44.6. The molecule has 0 heterocycles. The van der Waals surface area contributed by atoms with Gasteiger partial charge in [0.05, 0.1) is 56.3 Å². The maximum Gasteiger partial charge on any atom is 0.404 e. The molecule has 32 heteroatoms. The molecule has 57 heavy (non-hydrogen) atoms. The Morgan fingerprint density at radius 2 is 0.526 bits per heavy atom. The summed E-state index contributed by atoms with van der Waals surface area (Å²) < 4.78 is 32.1. The minimum absolute atomic E-state index is 0. The van der Waals surface area contributed by atoms with Gasteiger partial charge in [0.2, 0.25) is 0 Å². The Labute approximate surface area is 329 Å². The van der Waals surface area contributed by atoms with Crippen molar-refractivity contribution in [3.8, 4) is 0 Å². The number of urea groups is 1. The Kier molecular flexibility index (Phi) is 216. The molecule has 0 aliphatic heterocycles. The molecule has 5 amide bonds. The molecule has 0 aromatic rings. The number of aliphatic hydroxyl groups is 6. The van der Waals surface area contributed by atoms with Gasteiger partial charge in [0, 0.05) is 35.5 Å². The van der Waals surface area contributed by atoms with Crippen LogP contribution in [0.3, 0.4) is 0 Å². The molecule has 0 bridgehead atoms. The van der Waals surface area contributed by atoms with Crippen LogP contribution in [0.15, 0.2) is 0 Å². The van der Waals surface area contributed by atoms with E-state index in [0.717, 1.165) is 21.3 Å². The number of nitrogens with two attached hydrogens (primary N) is 6. The van der Waals surface area contributed by atoms with Gasteiger partial charge in [-0.15, -0.1) is 0 Å². The summed E-state index contributed by atoms with van der Waals surface area (Å²) in [4.78, 5) is 92.3. The topological polar surface area (TPSA) is 592 Å². The van der Waals surface area contributed by atoms with E-state index in [1.54, 1.807) is 14.2 Å². The van der Waals surface area contributed by atoms with E-state index in [1.165, 1.54) is 49.8 Å². The van der Waals surface area contributed by atoms with Crippen molar-refractivity contribution in [1.29, 1.82) is 0 Å². The molecular weight excluding hydrogens is 796 g/mol. The van der Waals surface area contributed by atoms with Crippen LogP contribution >= 0.6 is 0 Å². The number of rotatable bonds is 4. The molecule has 0 spiro atoms. The van der Waals surface area contributed by atoms with Crippen LogP contribution < -0.4 is 46.7 Å². The van der Waals surface area contributed by atoms with Gasteiger partial charge in [-0.3, -0.25) is 4.79 Å². The maximum atomic E-state index is 9.83. The Balaban J connectivity index is -0.0000000261. The number of esters is 4. The number of carbonyl (C=O) groups is 8. The van der Waals surface area contributed by atoms with Crippen molar-refractivity contribution in [3.63, 3.8) is 0 Å². The Morgan fingerprint density at radius 1 is 0.421 bits per heavy atom. The first-order valence-corrected chi connectivity index (χ1v) is 12.7. The third-order valence-corrected chi connectivity index (χ3v) is 2.07. The minimum atomic E-state index is -0.833. The van der Waals surface area contributed by atoms with Crippen LogP contribution in [0, 0.1) is 0 Å². The summed E-state index contributed by atoms with van der Waals surface area (Å²) in [5.41, 5.74) is 26.6. The molecule has 0 unspecified atom stereocenters. The Hall–Kier alpha value is -6.06. The van der Waals surface area contributed by atoms with Gasteiger partial charge >= 0.3 is 54.3 Å². The first-order valence-electron chi connectivity index (χ1n) is 12.7. The van der Waals surface area contributed by atoms with Crippen LogP contribution in [0.4, 0.5) is 19.2 Å². The summed E-state index contributed by atoms with van der Waals surface area (Å²) in [7, 11) is 14.9. The molecule has 0 aliphatic rings. The molecule has 352 valence electrons. The van der Waals surface area contributed by atoms with E-state index in [-0.39, 0.29) is 31.0 Å². The number of ether oxygens (including phenoxy) is 8. The van der Waals surface area contributed by atoms with E-state index in [2.05, 4.69) is 66.6 Å². The third-order valence-electron chi connectivity index (χ3n) is 2.07. The van der Waals surface area contributed by atoms with Crippen LogP contribution in [0.1, 0.15) is 0 Å². The van der Waals surface area contributed by atoms with E-state index < -0.39 is 62.0 Å². The lowest BCUT2D eigenvalue weighted by molar-refractivity contribution is -0.191. The molecule has 0 atom stereocenters. The molecule has 0 saturated carbocycles. The second kappa shape index (κ2) is 125. The van der Waals surface area contributed by atoms with Crippen molar-refractivity contribution in [1.82, 2.24) is 12.3 Å². The highest BCUT2D eigenvalue weighted by Gasteiger charge is 1.90. The van der Waals surface area contributed by atoms with Crippen molar-refractivity contribution in [2.75, 3.05) is 112 Å². The largest absolute Gasteiger partial charge is 0.468 e. The number of aliphatic hydroxyl groups excluding tert-OH is 6. The zero-order valence-electron chi connectivity index (χ0n) is 34.2. The summed E-state index contributed by atoms with van der Waals surface area (Å²) in [6.45, 7) is -1.62. The van der Waals surface area contributed by atoms with Crippen molar-refractivity contribution in [2.45, 2.75) is 0 Å². The number of hydrogen-bond acceptors (Lipinski definition) is 27. The predicted octanol–water partition coefficient (Wildman–Crippen LogP) is -6.44. The fourth-order valence-corrected chi connectivity index (χ4v) is 0.277. The Bertz CT molecular complexity index is 713. The van der Waals surface area contributed by atoms with Gasteiger partial charge in [-0.25, -0.2) is 33.6 Å². The molecule has 0 aliphatic carbocycles. The number of amides is 5. The summed E-state index contributed by atoms with van der Waals surface area (Å²) in [6, 6.07) is -0.833. The number of methoxy groups -OCH3 is 8. The normalized spacial score (nSPS) is 6.16. The number of hydrogen-bond donors (Lipinski definition) is 14. The van der Waals surface area contributed by atoms with Gasteiger partial charge in [-0.05, 0) is 0 Å². The average molecular weight is 865 g/mol. The van der Waals surface area contributed by atoms with E-state index in [0.29, 0.717) is 0 Å². The molecule has 32 nitrogen and oxygen atoms in total. The summed E-state index contributed by atoms with van der Waals surface area (Å²) in [6.07, 6.45) is -1.99. The van der Waals surface area contributed by atoms with E-state index in [4.69, 9.17) is 50.8 Å². The number of carbonyl (C=O) groups excluding carboxylic acids is 10. The van der Waals surface area contributed by atoms with Crippen LogP contribution in [0.5, 0.6) is 0 Å². The smallest absolute Gasteiger partial charge is 0.404 e. The fourth-order valence-electron chi connectivity index (χ4n) is 0.277. The van der Waals surface area contributed by atoms with Gasteiger partial charge in [0.25, 0.3) is 0 Å². The standard InChI is InChI=1S/C3H7NO2.3C3H6O3.3C2H5NO2.C2H6O.CH4N2O.CO2.3CH4O.2H3N/c4*1-6-3(5)2-4;3*1-5-2(3)4;1-3-2;2-1(3)4;2-1-3;3*1-2;;/h2,4H2,1H3;3*4H,2H2,1H3;3*1H3,(H2,3,4);1-2H3;(H4,2,3,4);;3*2H,1H3;2*1H3. The van der Waals surface area contributed by atoms with Crippen molar-refractivity contribution < 1.29 is 116 Å². The molecule has 0 saturated heterocycles. The molecule has 0 radical (unpaired) electrons. The van der Waals surface area contributed by atoms with E-state index in [9.17, 15) is 33.6 Å². The van der Waals surface area contributed by atoms with Crippen molar-refractivity contribution >= 4 is 54.3 Å². The monoisotopic (exact) mass is 864 g/mol. The van der Waals surface area contributed by atoms with Gasteiger partial charge in [0.15, 0.2) is 0 Å². The van der Waals surface area contributed by atoms with Crippen LogP contribution in [0.2, 0.25) is 0 Å².